The zero-order valence-corrected chi connectivity index (χ0v) is 15.5. The second kappa shape index (κ2) is 7.17. The monoisotopic (exact) mass is 367 g/mol. The van der Waals surface area contributed by atoms with Crippen molar-refractivity contribution in [3.63, 3.8) is 0 Å². The van der Waals surface area contributed by atoms with E-state index < -0.39 is 0 Å². The fourth-order valence-electron chi connectivity index (χ4n) is 4.11. The average Bonchev–Trinajstić information content (AvgIpc) is 2.75. The van der Waals surface area contributed by atoms with Gasteiger partial charge in [0, 0.05) is 32.2 Å². The Morgan fingerprint density at radius 3 is 2.79 bits per heavy atom. The zero-order chi connectivity index (χ0) is 16.5. The summed E-state index contributed by atoms with van der Waals surface area (Å²) in [6, 6.07) is 0.565. The molecule has 2 bridgehead atoms. The first-order chi connectivity index (χ1) is 11.7. The van der Waals surface area contributed by atoms with E-state index in [1.54, 1.807) is 0 Å². The minimum absolute atomic E-state index is 0.233. The summed E-state index contributed by atoms with van der Waals surface area (Å²) in [5.74, 6) is 2.23. The van der Waals surface area contributed by atoms with Crippen LogP contribution in [0.25, 0.3) is 0 Å². The van der Waals surface area contributed by atoms with Crippen LogP contribution in [0, 0.1) is 11.8 Å². The minimum atomic E-state index is 0.233. The number of nitrogen functional groups attached to an aromatic ring is 1. The van der Waals surface area contributed by atoms with E-state index in [0.717, 1.165) is 23.3 Å². The number of nitrogens with two attached hydrogens (primary N) is 1. The molecule has 2 N–H and O–H groups in total. The van der Waals surface area contributed by atoms with Crippen LogP contribution >= 0.6 is 23.1 Å². The molecule has 3 saturated heterocycles. The number of nitrogens with zero attached hydrogens (tertiary/aromatic N) is 4. The van der Waals surface area contributed by atoms with Crippen LogP contribution in [0.5, 0.6) is 0 Å². The molecule has 4 aliphatic rings. The number of rotatable bonds is 5. The molecule has 1 aromatic rings. The molecule has 132 valence electrons. The maximum Gasteiger partial charge on any atom is 0.233 e. The fraction of sp³-hybridized carbons (Fsp3) is 0.812. The van der Waals surface area contributed by atoms with Gasteiger partial charge in [0.05, 0.1) is 5.75 Å². The van der Waals surface area contributed by atoms with Gasteiger partial charge in [-0.3, -0.25) is 9.69 Å². The highest BCUT2D eigenvalue weighted by Crippen LogP contribution is 2.33. The van der Waals surface area contributed by atoms with Gasteiger partial charge in [-0.1, -0.05) is 29.5 Å². The zero-order valence-electron chi connectivity index (χ0n) is 13.9. The van der Waals surface area contributed by atoms with E-state index in [1.165, 1.54) is 68.3 Å². The van der Waals surface area contributed by atoms with Gasteiger partial charge < -0.3 is 10.6 Å². The summed E-state index contributed by atoms with van der Waals surface area (Å²) in [5, 5.41) is 8.25. The van der Waals surface area contributed by atoms with Crippen molar-refractivity contribution in [1.29, 1.82) is 0 Å². The lowest BCUT2D eigenvalue weighted by molar-refractivity contribution is -0.128. The molecular weight excluding hydrogens is 342 g/mol. The number of carbonyl (C=O) groups excluding carboxylic acids is 1. The molecule has 1 amide bonds. The van der Waals surface area contributed by atoms with Crippen LogP contribution < -0.4 is 5.73 Å². The number of anilines is 1. The smallest absolute Gasteiger partial charge is 0.233 e. The van der Waals surface area contributed by atoms with Crippen LogP contribution in [0.4, 0.5) is 5.13 Å². The molecule has 4 fully saturated rings. The molecule has 1 saturated carbocycles. The number of amides is 1. The highest BCUT2D eigenvalue weighted by Gasteiger charge is 2.37. The van der Waals surface area contributed by atoms with Gasteiger partial charge in [-0.15, -0.1) is 10.2 Å². The van der Waals surface area contributed by atoms with Crippen molar-refractivity contribution in [2.45, 2.75) is 42.5 Å². The highest BCUT2D eigenvalue weighted by molar-refractivity contribution is 8.01. The molecule has 0 radical (unpaired) electrons. The van der Waals surface area contributed by atoms with Gasteiger partial charge in [-0.2, -0.15) is 0 Å². The summed E-state index contributed by atoms with van der Waals surface area (Å²) in [6.07, 6.45) is 6.73. The van der Waals surface area contributed by atoms with Gasteiger partial charge in [-0.25, -0.2) is 0 Å². The maximum atomic E-state index is 12.7. The third-order valence-corrected chi connectivity index (χ3v) is 7.51. The largest absolute Gasteiger partial charge is 0.374 e. The van der Waals surface area contributed by atoms with Crippen molar-refractivity contribution in [2.75, 3.05) is 37.7 Å². The Morgan fingerprint density at radius 2 is 2.08 bits per heavy atom. The van der Waals surface area contributed by atoms with E-state index >= 15 is 0 Å². The summed E-state index contributed by atoms with van der Waals surface area (Å²) >= 11 is 2.81. The predicted octanol–water partition coefficient (Wildman–Crippen LogP) is 1.94. The predicted molar refractivity (Wildman–Crippen MR) is 97.1 cm³/mol. The highest BCUT2D eigenvalue weighted by atomic mass is 32.2. The summed E-state index contributed by atoms with van der Waals surface area (Å²) in [6.45, 7) is 4.27. The Labute approximate surface area is 151 Å². The third kappa shape index (κ3) is 3.70. The summed E-state index contributed by atoms with van der Waals surface area (Å²) in [4.78, 5) is 17.4. The molecule has 0 aromatic carbocycles. The van der Waals surface area contributed by atoms with Crippen molar-refractivity contribution < 1.29 is 4.79 Å². The van der Waals surface area contributed by atoms with Gasteiger partial charge in [0.15, 0.2) is 4.34 Å². The van der Waals surface area contributed by atoms with Crippen molar-refractivity contribution in [3.05, 3.63) is 0 Å². The Bertz CT molecular complexity index is 591. The lowest BCUT2D eigenvalue weighted by Gasteiger charge is -2.40. The van der Waals surface area contributed by atoms with Gasteiger partial charge in [-0.05, 0) is 37.5 Å². The Hall–Kier alpha value is -0.860. The first-order valence-electron chi connectivity index (χ1n) is 8.91. The molecule has 1 aromatic heterocycles. The fourth-order valence-corrected chi connectivity index (χ4v) is 5.65. The van der Waals surface area contributed by atoms with Crippen LogP contribution in [0.3, 0.4) is 0 Å². The lowest BCUT2D eigenvalue weighted by Crippen LogP contribution is -2.47. The van der Waals surface area contributed by atoms with Gasteiger partial charge in [0.1, 0.15) is 0 Å². The maximum absolute atomic E-state index is 12.7. The van der Waals surface area contributed by atoms with Crippen molar-refractivity contribution in [1.82, 2.24) is 20.0 Å². The van der Waals surface area contributed by atoms with E-state index in [-0.39, 0.29) is 5.91 Å². The number of carbonyl (C=O) groups is 1. The van der Waals surface area contributed by atoms with E-state index in [0.29, 0.717) is 22.8 Å². The number of piperidine rings is 1. The van der Waals surface area contributed by atoms with Crippen LogP contribution in [0.1, 0.15) is 32.1 Å². The van der Waals surface area contributed by atoms with Crippen LogP contribution in [0.15, 0.2) is 4.34 Å². The standard InChI is InChI=1S/C16H25N5OS2/c17-15-18-19-16(24-15)23-10-14(22)21-8-12-4-5-13(9-21)20(7-12)6-11-2-1-3-11/h11-13H,1-10H2,(H2,17,18)/t12-,13-/m0/s1. The summed E-state index contributed by atoms with van der Waals surface area (Å²) < 4.78 is 0.783. The molecule has 0 unspecified atom stereocenters. The van der Waals surface area contributed by atoms with Crippen LogP contribution in [-0.4, -0.2) is 63.9 Å². The average molecular weight is 368 g/mol. The van der Waals surface area contributed by atoms with E-state index in [9.17, 15) is 4.79 Å². The molecule has 3 aliphatic heterocycles. The van der Waals surface area contributed by atoms with E-state index in [1.807, 2.05) is 0 Å². The van der Waals surface area contributed by atoms with Crippen molar-refractivity contribution in [3.8, 4) is 0 Å². The molecule has 6 nitrogen and oxygen atoms in total. The number of fused-ring (bicyclic) bond motifs is 4. The number of hydrogen-bond donors (Lipinski definition) is 1. The van der Waals surface area contributed by atoms with Gasteiger partial charge in [0.25, 0.3) is 0 Å². The van der Waals surface area contributed by atoms with Crippen LogP contribution in [-0.2, 0) is 4.79 Å². The van der Waals surface area contributed by atoms with Crippen molar-refractivity contribution in [2.24, 2.45) is 11.8 Å². The topological polar surface area (TPSA) is 75.3 Å². The molecule has 8 heteroatoms. The Kier molecular flexibility index (Phi) is 4.96. The van der Waals surface area contributed by atoms with E-state index in [4.69, 9.17) is 5.73 Å². The molecule has 4 heterocycles. The second-order valence-corrected chi connectivity index (χ2v) is 9.57. The first-order valence-corrected chi connectivity index (χ1v) is 10.7. The molecule has 5 rings (SSSR count). The van der Waals surface area contributed by atoms with Gasteiger partial charge in [0.2, 0.25) is 11.0 Å². The van der Waals surface area contributed by atoms with E-state index in [2.05, 4.69) is 20.0 Å². The molecule has 0 spiro atoms. The van der Waals surface area contributed by atoms with Crippen molar-refractivity contribution >= 4 is 34.1 Å². The molecule has 2 atom stereocenters. The quantitative estimate of drug-likeness (QED) is 0.802. The molecular formula is C16H25N5OS2. The Balaban J connectivity index is 1.33. The number of hydrogen-bond acceptors (Lipinski definition) is 7. The summed E-state index contributed by atoms with van der Waals surface area (Å²) in [7, 11) is 0. The summed E-state index contributed by atoms with van der Waals surface area (Å²) in [5.41, 5.74) is 5.59. The normalized spacial score (nSPS) is 27.9. The SMILES string of the molecule is Nc1nnc(SCC(=O)N2C[C@H]3CC[C@@H](C2)N(CC2CCC2)C3)s1. The number of aromatic nitrogens is 2. The van der Waals surface area contributed by atoms with Gasteiger partial charge >= 0.3 is 0 Å². The number of thioether (sulfide) groups is 1. The first kappa shape index (κ1) is 16.6. The molecule has 1 aliphatic carbocycles. The lowest BCUT2D eigenvalue weighted by atomic mass is 9.83. The Morgan fingerprint density at radius 1 is 1.21 bits per heavy atom. The van der Waals surface area contributed by atoms with Crippen LogP contribution in [0.2, 0.25) is 0 Å². The third-order valence-electron chi connectivity index (χ3n) is 5.64. The molecule has 24 heavy (non-hydrogen) atoms. The minimum Gasteiger partial charge on any atom is -0.374 e. The second-order valence-electron chi connectivity index (χ2n) is 7.34.